The molecule has 5 nitrogen and oxygen atoms in total. The molecule has 0 fully saturated rings. The maximum absolute atomic E-state index is 14.0. The van der Waals surface area contributed by atoms with E-state index in [9.17, 15) is 26.7 Å². The standard InChI is InChI=1S/C14H10F5N3O2/c1-5(23)10-11(24-2)12(20)22-13(21-10)6-3-4-7(14(17,18)19)9(16)8(6)15/h3-4H,1-2H3,(H2,20,21,22). The van der Waals surface area contributed by atoms with Crippen LogP contribution in [0, 0.1) is 11.6 Å². The molecule has 1 aromatic carbocycles. The molecule has 2 N–H and O–H groups in total. The molecule has 0 aliphatic heterocycles. The number of alkyl halides is 3. The fourth-order valence-corrected chi connectivity index (χ4v) is 1.97. The Kier molecular flexibility index (Phi) is 4.41. The first-order valence-corrected chi connectivity index (χ1v) is 6.36. The van der Waals surface area contributed by atoms with Crippen molar-refractivity contribution >= 4 is 11.6 Å². The van der Waals surface area contributed by atoms with E-state index < -0.39 is 40.5 Å². The van der Waals surface area contributed by atoms with E-state index in [1.165, 1.54) is 7.11 Å². The van der Waals surface area contributed by atoms with Crippen LogP contribution < -0.4 is 10.5 Å². The van der Waals surface area contributed by atoms with Crippen molar-refractivity contribution in [1.82, 2.24) is 9.97 Å². The average Bonchev–Trinajstić information content (AvgIpc) is 2.47. The van der Waals surface area contributed by atoms with E-state index in [-0.39, 0.29) is 17.3 Å². The summed E-state index contributed by atoms with van der Waals surface area (Å²) < 4.78 is 70.3. The average molecular weight is 347 g/mol. The zero-order valence-electron chi connectivity index (χ0n) is 12.3. The largest absolute Gasteiger partial charge is 0.491 e. The van der Waals surface area contributed by atoms with Gasteiger partial charge in [-0.25, -0.2) is 18.7 Å². The number of halogens is 5. The molecule has 2 rings (SSSR count). The number of nitrogen functional groups attached to an aromatic ring is 1. The topological polar surface area (TPSA) is 78.1 Å². The summed E-state index contributed by atoms with van der Waals surface area (Å²) in [4.78, 5) is 18.9. The number of Topliss-reactive ketones (excluding diaryl/α,β-unsaturated/α-hetero) is 1. The van der Waals surface area contributed by atoms with Gasteiger partial charge >= 0.3 is 6.18 Å². The number of benzene rings is 1. The zero-order valence-corrected chi connectivity index (χ0v) is 12.3. The molecule has 0 atom stereocenters. The Balaban J connectivity index is 2.70. The number of aromatic nitrogens is 2. The first kappa shape index (κ1) is 17.6. The highest BCUT2D eigenvalue weighted by Gasteiger charge is 2.36. The van der Waals surface area contributed by atoms with E-state index >= 15 is 0 Å². The van der Waals surface area contributed by atoms with Gasteiger partial charge in [-0.3, -0.25) is 4.79 Å². The lowest BCUT2D eigenvalue weighted by atomic mass is 10.1. The molecule has 0 aliphatic carbocycles. The number of carbonyl (C=O) groups excluding carboxylic acids is 1. The van der Waals surface area contributed by atoms with Crippen LogP contribution in [0.4, 0.5) is 27.8 Å². The Morgan fingerprint density at radius 3 is 2.29 bits per heavy atom. The Morgan fingerprint density at radius 1 is 1.17 bits per heavy atom. The Hall–Kier alpha value is -2.78. The summed E-state index contributed by atoms with van der Waals surface area (Å²) in [5.41, 5.74) is 2.83. The molecule has 0 bridgehead atoms. The summed E-state index contributed by atoms with van der Waals surface area (Å²) in [6.07, 6.45) is -5.06. The number of hydrogen-bond acceptors (Lipinski definition) is 5. The van der Waals surface area contributed by atoms with E-state index in [0.29, 0.717) is 12.1 Å². The van der Waals surface area contributed by atoms with Crippen molar-refractivity contribution < 1.29 is 31.5 Å². The third-order valence-corrected chi connectivity index (χ3v) is 3.06. The minimum atomic E-state index is -5.06. The number of rotatable bonds is 3. The molecule has 10 heteroatoms. The SMILES string of the molecule is COc1c(N)nc(-c2ccc(C(F)(F)F)c(F)c2F)nc1C(C)=O. The van der Waals surface area contributed by atoms with Gasteiger partial charge in [0.25, 0.3) is 0 Å². The van der Waals surface area contributed by atoms with E-state index in [1.54, 1.807) is 0 Å². The lowest BCUT2D eigenvalue weighted by Gasteiger charge is -2.13. The molecule has 0 amide bonds. The Morgan fingerprint density at radius 2 is 1.79 bits per heavy atom. The van der Waals surface area contributed by atoms with Crippen molar-refractivity contribution in [2.45, 2.75) is 13.1 Å². The van der Waals surface area contributed by atoms with Gasteiger partial charge in [0, 0.05) is 6.92 Å². The number of nitrogens with zero attached hydrogens (tertiary/aromatic N) is 2. The molecule has 0 radical (unpaired) electrons. The maximum Gasteiger partial charge on any atom is 0.419 e. The highest BCUT2D eigenvalue weighted by molar-refractivity contribution is 5.96. The lowest BCUT2D eigenvalue weighted by Crippen LogP contribution is -2.12. The van der Waals surface area contributed by atoms with Gasteiger partial charge in [-0.1, -0.05) is 0 Å². The van der Waals surface area contributed by atoms with Crippen LogP contribution in [-0.4, -0.2) is 22.9 Å². The first-order chi connectivity index (χ1) is 11.1. The molecule has 0 spiro atoms. The highest BCUT2D eigenvalue weighted by Crippen LogP contribution is 2.35. The van der Waals surface area contributed by atoms with Crippen LogP contribution in [0.15, 0.2) is 12.1 Å². The smallest absolute Gasteiger partial charge is 0.419 e. The van der Waals surface area contributed by atoms with Crippen molar-refractivity contribution in [2.24, 2.45) is 0 Å². The summed E-state index contributed by atoms with van der Waals surface area (Å²) in [6.45, 7) is 1.12. The number of ketones is 1. The minimum Gasteiger partial charge on any atom is -0.491 e. The van der Waals surface area contributed by atoms with Gasteiger partial charge in [0.05, 0.1) is 18.2 Å². The second-order valence-electron chi connectivity index (χ2n) is 4.66. The molecule has 128 valence electrons. The van der Waals surface area contributed by atoms with Crippen molar-refractivity contribution in [3.8, 4) is 17.1 Å². The van der Waals surface area contributed by atoms with E-state index in [2.05, 4.69) is 9.97 Å². The number of nitrogens with two attached hydrogens (primary N) is 1. The number of anilines is 1. The van der Waals surface area contributed by atoms with Gasteiger partial charge in [0.1, 0.15) is 0 Å². The fourth-order valence-electron chi connectivity index (χ4n) is 1.97. The molecule has 0 unspecified atom stereocenters. The van der Waals surface area contributed by atoms with E-state index in [0.717, 1.165) is 6.92 Å². The normalized spacial score (nSPS) is 11.5. The van der Waals surface area contributed by atoms with Gasteiger partial charge < -0.3 is 10.5 Å². The molecule has 2 aromatic rings. The summed E-state index contributed by atoms with van der Waals surface area (Å²) in [7, 11) is 1.19. The van der Waals surface area contributed by atoms with Gasteiger partial charge in [0.15, 0.2) is 40.5 Å². The molecule has 0 aliphatic rings. The number of hydrogen-bond donors (Lipinski definition) is 1. The predicted molar refractivity (Wildman–Crippen MR) is 73.4 cm³/mol. The Labute approximate surface area is 132 Å². The van der Waals surface area contributed by atoms with Crippen molar-refractivity contribution in [2.75, 3.05) is 12.8 Å². The lowest BCUT2D eigenvalue weighted by molar-refractivity contribution is -0.140. The monoisotopic (exact) mass is 347 g/mol. The van der Waals surface area contributed by atoms with Gasteiger partial charge in [-0.05, 0) is 12.1 Å². The molecular formula is C14H10F5N3O2. The first-order valence-electron chi connectivity index (χ1n) is 6.36. The third-order valence-electron chi connectivity index (χ3n) is 3.06. The second-order valence-corrected chi connectivity index (χ2v) is 4.66. The minimum absolute atomic E-state index is 0.168. The number of carbonyl (C=O) groups is 1. The molecule has 24 heavy (non-hydrogen) atoms. The van der Waals surface area contributed by atoms with Crippen molar-refractivity contribution in [1.29, 1.82) is 0 Å². The van der Waals surface area contributed by atoms with Gasteiger partial charge in [-0.2, -0.15) is 13.2 Å². The highest BCUT2D eigenvalue weighted by atomic mass is 19.4. The van der Waals surface area contributed by atoms with Crippen LogP contribution in [0.3, 0.4) is 0 Å². The molecular weight excluding hydrogens is 337 g/mol. The summed E-state index contributed by atoms with van der Waals surface area (Å²) in [5, 5.41) is 0. The molecule has 0 saturated heterocycles. The predicted octanol–water partition coefficient (Wildman–Crippen LogP) is 3.23. The van der Waals surface area contributed by atoms with Crippen LogP contribution in [0.2, 0.25) is 0 Å². The molecule has 0 saturated carbocycles. The summed E-state index contributed by atoms with van der Waals surface area (Å²) in [5.74, 6) is -5.55. The van der Waals surface area contributed by atoms with Crippen LogP contribution >= 0.6 is 0 Å². The van der Waals surface area contributed by atoms with Crippen LogP contribution in [0.25, 0.3) is 11.4 Å². The van der Waals surface area contributed by atoms with E-state index in [4.69, 9.17) is 10.5 Å². The van der Waals surface area contributed by atoms with Crippen molar-refractivity contribution in [3.63, 3.8) is 0 Å². The van der Waals surface area contributed by atoms with Crippen LogP contribution in [0.5, 0.6) is 5.75 Å². The van der Waals surface area contributed by atoms with Gasteiger partial charge in [0.2, 0.25) is 0 Å². The second kappa shape index (κ2) is 6.02. The number of ether oxygens (including phenoxy) is 1. The van der Waals surface area contributed by atoms with Crippen LogP contribution in [-0.2, 0) is 6.18 Å². The zero-order chi connectivity index (χ0) is 18.2. The number of methoxy groups -OCH3 is 1. The fraction of sp³-hybridized carbons (Fsp3) is 0.214. The maximum atomic E-state index is 14.0. The van der Waals surface area contributed by atoms with Crippen LogP contribution in [0.1, 0.15) is 23.0 Å². The quantitative estimate of drug-likeness (QED) is 0.681. The molecule has 1 heterocycles. The molecule has 1 aromatic heterocycles. The summed E-state index contributed by atoms with van der Waals surface area (Å²) >= 11 is 0. The van der Waals surface area contributed by atoms with Crippen molar-refractivity contribution in [3.05, 3.63) is 35.0 Å². The van der Waals surface area contributed by atoms with E-state index in [1.807, 2.05) is 0 Å². The Bertz CT molecular complexity index is 821. The summed E-state index contributed by atoms with van der Waals surface area (Å²) in [6, 6.07) is 1.01. The van der Waals surface area contributed by atoms with Gasteiger partial charge in [-0.15, -0.1) is 0 Å². The third kappa shape index (κ3) is 2.99.